The van der Waals surface area contributed by atoms with Crippen molar-refractivity contribution in [3.8, 4) is 5.88 Å². The number of aromatic nitrogens is 2. The van der Waals surface area contributed by atoms with E-state index in [4.69, 9.17) is 4.74 Å². The first-order chi connectivity index (χ1) is 9.35. The Morgan fingerprint density at radius 2 is 2.11 bits per heavy atom. The first kappa shape index (κ1) is 13.5. The second-order valence-corrected chi connectivity index (χ2v) is 4.28. The monoisotopic (exact) mass is 257 g/mol. The van der Waals surface area contributed by atoms with Crippen LogP contribution in [0.1, 0.15) is 24.1 Å². The zero-order valence-electron chi connectivity index (χ0n) is 11.3. The number of hydrogen-bond acceptors (Lipinski definition) is 4. The Labute approximate surface area is 113 Å². The summed E-state index contributed by atoms with van der Waals surface area (Å²) in [6.07, 6.45) is 6.29. The lowest BCUT2D eigenvalue weighted by Gasteiger charge is -2.19. The van der Waals surface area contributed by atoms with E-state index in [0.717, 1.165) is 18.5 Å². The molecule has 1 unspecified atom stereocenters. The van der Waals surface area contributed by atoms with Gasteiger partial charge in [0.15, 0.2) is 0 Å². The van der Waals surface area contributed by atoms with Crippen LogP contribution in [0.5, 0.6) is 5.88 Å². The van der Waals surface area contributed by atoms with Crippen molar-refractivity contribution in [2.24, 2.45) is 0 Å². The lowest BCUT2D eigenvalue weighted by Crippen LogP contribution is -2.23. The summed E-state index contributed by atoms with van der Waals surface area (Å²) >= 11 is 0. The third-order valence-corrected chi connectivity index (χ3v) is 2.98. The Bertz CT molecular complexity index is 502. The van der Waals surface area contributed by atoms with E-state index < -0.39 is 0 Å². The molecular weight excluding hydrogens is 238 g/mol. The van der Waals surface area contributed by atoms with Gasteiger partial charge in [0.2, 0.25) is 5.88 Å². The molecule has 4 heteroatoms. The topological polar surface area (TPSA) is 47.0 Å². The van der Waals surface area contributed by atoms with Crippen LogP contribution in [0, 0.1) is 0 Å². The molecule has 0 aliphatic carbocycles. The predicted octanol–water partition coefficient (Wildman–Crippen LogP) is 2.38. The van der Waals surface area contributed by atoms with Crippen LogP contribution in [0.2, 0.25) is 0 Å². The van der Waals surface area contributed by atoms with Gasteiger partial charge in [-0.1, -0.05) is 19.1 Å². The van der Waals surface area contributed by atoms with E-state index in [9.17, 15) is 0 Å². The molecule has 19 heavy (non-hydrogen) atoms. The van der Waals surface area contributed by atoms with Gasteiger partial charge in [-0.3, -0.25) is 4.98 Å². The van der Waals surface area contributed by atoms with Crippen LogP contribution in [0.4, 0.5) is 0 Å². The van der Waals surface area contributed by atoms with Crippen molar-refractivity contribution >= 4 is 0 Å². The molecule has 4 nitrogen and oxygen atoms in total. The van der Waals surface area contributed by atoms with Crippen molar-refractivity contribution in [1.82, 2.24) is 15.3 Å². The number of ether oxygens (including phenoxy) is 1. The smallest absolute Gasteiger partial charge is 0.217 e. The van der Waals surface area contributed by atoms with E-state index >= 15 is 0 Å². The van der Waals surface area contributed by atoms with E-state index in [-0.39, 0.29) is 6.04 Å². The Morgan fingerprint density at radius 3 is 2.79 bits per heavy atom. The first-order valence-electron chi connectivity index (χ1n) is 6.46. The number of rotatable bonds is 6. The summed E-state index contributed by atoms with van der Waals surface area (Å²) in [7, 11) is 1.65. The van der Waals surface area contributed by atoms with Crippen LogP contribution in [-0.4, -0.2) is 23.6 Å². The highest BCUT2D eigenvalue weighted by Crippen LogP contribution is 2.25. The molecule has 2 aromatic rings. The fourth-order valence-corrected chi connectivity index (χ4v) is 2.13. The fraction of sp³-hybridized carbons (Fsp3) is 0.333. The summed E-state index contributed by atoms with van der Waals surface area (Å²) in [6, 6.07) is 8.21. The van der Waals surface area contributed by atoms with Gasteiger partial charge in [-0.15, -0.1) is 0 Å². The Balaban J connectivity index is 2.24. The Morgan fingerprint density at radius 1 is 1.26 bits per heavy atom. The van der Waals surface area contributed by atoms with Crippen LogP contribution >= 0.6 is 0 Å². The molecule has 1 N–H and O–H groups in total. The molecule has 0 saturated carbocycles. The van der Waals surface area contributed by atoms with E-state index in [1.54, 1.807) is 19.5 Å². The van der Waals surface area contributed by atoms with Crippen LogP contribution in [0.25, 0.3) is 0 Å². The highest BCUT2D eigenvalue weighted by Gasteiger charge is 2.16. The lowest BCUT2D eigenvalue weighted by molar-refractivity contribution is 0.382. The summed E-state index contributed by atoms with van der Waals surface area (Å²) in [5.74, 6) is 0.678. The molecule has 2 aromatic heterocycles. The highest BCUT2D eigenvalue weighted by atomic mass is 16.5. The second kappa shape index (κ2) is 6.85. The number of hydrogen-bond donors (Lipinski definition) is 1. The standard InChI is InChI=1S/C15H19N3O/c1-3-17-14(10-12-6-4-8-16-11-12)13-7-5-9-18-15(13)19-2/h4-9,11,14,17H,3,10H2,1-2H3. The maximum absolute atomic E-state index is 5.34. The Kier molecular flexibility index (Phi) is 4.86. The van der Waals surface area contributed by atoms with Crippen molar-refractivity contribution in [1.29, 1.82) is 0 Å². The normalized spacial score (nSPS) is 12.1. The Hall–Kier alpha value is -1.94. The molecular formula is C15H19N3O. The van der Waals surface area contributed by atoms with Gasteiger partial charge in [0.1, 0.15) is 0 Å². The predicted molar refractivity (Wildman–Crippen MR) is 75.1 cm³/mol. The second-order valence-electron chi connectivity index (χ2n) is 4.28. The molecule has 0 fully saturated rings. The summed E-state index contributed by atoms with van der Waals surface area (Å²) in [5, 5.41) is 3.47. The molecule has 1 atom stereocenters. The van der Waals surface area contributed by atoms with Crippen LogP contribution in [-0.2, 0) is 6.42 Å². The number of nitrogens with zero attached hydrogens (tertiary/aromatic N) is 2. The van der Waals surface area contributed by atoms with Crippen molar-refractivity contribution in [3.63, 3.8) is 0 Å². The van der Waals surface area contributed by atoms with Gasteiger partial charge in [0.05, 0.1) is 7.11 Å². The zero-order valence-corrected chi connectivity index (χ0v) is 11.3. The number of likely N-dealkylation sites (N-methyl/N-ethyl adjacent to an activating group) is 1. The molecule has 0 spiro atoms. The van der Waals surface area contributed by atoms with E-state index in [1.807, 2.05) is 18.3 Å². The van der Waals surface area contributed by atoms with Crippen molar-refractivity contribution in [3.05, 3.63) is 54.0 Å². The average molecular weight is 257 g/mol. The minimum absolute atomic E-state index is 0.179. The SMILES string of the molecule is CCNC(Cc1cccnc1)c1cccnc1OC. The molecule has 0 aliphatic rings. The summed E-state index contributed by atoms with van der Waals surface area (Å²) < 4.78 is 5.34. The van der Waals surface area contributed by atoms with Crippen LogP contribution in [0.15, 0.2) is 42.9 Å². The lowest BCUT2D eigenvalue weighted by atomic mass is 10.0. The third-order valence-electron chi connectivity index (χ3n) is 2.98. The minimum atomic E-state index is 0.179. The first-order valence-corrected chi connectivity index (χ1v) is 6.46. The molecule has 0 aromatic carbocycles. The van der Waals surface area contributed by atoms with Crippen molar-refractivity contribution in [2.75, 3.05) is 13.7 Å². The molecule has 0 amide bonds. The maximum atomic E-state index is 5.34. The van der Waals surface area contributed by atoms with Crippen molar-refractivity contribution in [2.45, 2.75) is 19.4 Å². The van der Waals surface area contributed by atoms with Crippen LogP contribution < -0.4 is 10.1 Å². The molecule has 100 valence electrons. The van der Waals surface area contributed by atoms with Crippen molar-refractivity contribution < 1.29 is 4.74 Å². The van der Waals surface area contributed by atoms with Gasteiger partial charge in [-0.2, -0.15) is 0 Å². The molecule has 2 heterocycles. The molecule has 0 bridgehead atoms. The van der Waals surface area contributed by atoms with Gasteiger partial charge < -0.3 is 10.1 Å². The summed E-state index contributed by atoms with van der Waals surface area (Å²) in [5.41, 5.74) is 2.27. The number of methoxy groups -OCH3 is 1. The molecule has 0 aliphatic heterocycles. The molecule has 0 saturated heterocycles. The highest BCUT2D eigenvalue weighted by molar-refractivity contribution is 5.30. The van der Waals surface area contributed by atoms with Gasteiger partial charge in [0.25, 0.3) is 0 Å². The minimum Gasteiger partial charge on any atom is -0.481 e. The maximum Gasteiger partial charge on any atom is 0.217 e. The molecule has 2 rings (SSSR count). The molecule has 0 radical (unpaired) electrons. The quantitative estimate of drug-likeness (QED) is 0.863. The van der Waals surface area contributed by atoms with E-state index in [2.05, 4.69) is 34.3 Å². The van der Waals surface area contributed by atoms with Crippen LogP contribution in [0.3, 0.4) is 0 Å². The summed E-state index contributed by atoms with van der Waals surface area (Å²) in [4.78, 5) is 8.42. The van der Waals surface area contributed by atoms with Gasteiger partial charge in [-0.25, -0.2) is 4.98 Å². The zero-order chi connectivity index (χ0) is 13.5. The fourth-order valence-electron chi connectivity index (χ4n) is 2.13. The number of nitrogens with one attached hydrogen (secondary N) is 1. The largest absolute Gasteiger partial charge is 0.481 e. The summed E-state index contributed by atoms with van der Waals surface area (Å²) in [6.45, 7) is 2.99. The van der Waals surface area contributed by atoms with Gasteiger partial charge in [0, 0.05) is 30.2 Å². The van der Waals surface area contributed by atoms with Gasteiger partial charge in [-0.05, 0) is 30.7 Å². The third kappa shape index (κ3) is 3.51. The van der Waals surface area contributed by atoms with Gasteiger partial charge >= 0.3 is 0 Å². The average Bonchev–Trinajstić information content (AvgIpc) is 2.48. The number of pyridine rings is 2. The van der Waals surface area contributed by atoms with E-state index in [0.29, 0.717) is 5.88 Å². The van der Waals surface area contributed by atoms with E-state index in [1.165, 1.54) is 5.56 Å².